The molecule has 4 nitrogen and oxygen atoms in total. The van der Waals surface area contributed by atoms with Crippen LogP contribution in [0, 0.1) is 0 Å². The van der Waals surface area contributed by atoms with E-state index in [0.29, 0.717) is 13.0 Å². The molecule has 4 heteroatoms. The molecule has 1 fully saturated rings. The third-order valence-corrected chi connectivity index (χ3v) is 2.46. The minimum Gasteiger partial charge on any atom is -0.318 e. The minimum absolute atomic E-state index is 0.0235. The molecule has 1 saturated heterocycles. The van der Waals surface area contributed by atoms with E-state index in [4.69, 9.17) is 5.73 Å². The second kappa shape index (κ2) is 3.55. The monoisotopic (exact) mass is 184 g/mol. The minimum atomic E-state index is -0.777. The topological polar surface area (TPSA) is 63.4 Å². The number of carbonyl (C=O) groups is 2. The molecule has 1 unspecified atom stereocenters. The highest BCUT2D eigenvalue weighted by atomic mass is 16.1. The first-order valence-electron chi connectivity index (χ1n) is 4.44. The van der Waals surface area contributed by atoms with E-state index in [9.17, 15) is 9.59 Å². The van der Waals surface area contributed by atoms with Crippen molar-refractivity contribution < 1.29 is 9.59 Å². The molecule has 2 N–H and O–H groups in total. The van der Waals surface area contributed by atoms with Gasteiger partial charge >= 0.3 is 0 Å². The lowest BCUT2D eigenvalue weighted by Crippen LogP contribution is -2.50. The van der Waals surface area contributed by atoms with Crippen LogP contribution in [-0.4, -0.2) is 42.1 Å². The molecule has 13 heavy (non-hydrogen) atoms. The average molecular weight is 184 g/mol. The highest BCUT2D eigenvalue weighted by Gasteiger charge is 2.39. The fourth-order valence-corrected chi connectivity index (χ4v) is 1.66. The number of likely N-dealkylation sites (tertiary alicyclic amines) is 1. The van der Waals surface area contributed by atoms with Crippen molar-refractivity contribution in [2.24, 2.45) is 5.73 Å². The Kier molecular flexibility index (Phi) is 2.83. The van der Waals surface area contributed by atoms with Gasteiger partial charge in [-0.25, -0.2) is 0 Å². The molecule has 1 heterocycles. The summed E-state index contributed by atoms with van der Waals surface area (Å²) in [4.78, 5) is 24.3. The largest absolute Gasteiger partial charge is 0.318 e. The summed E-state index contributed by atoms with van der Waals surface area (Å²) in [5.41, 5.74) is 5.12. The Bertz CT molecular complexity index is 240. The Morgan fingerprint density at radius 3 is 2.54 bits per heavy atom. The van der Waals surface area contributed by atoms with E-state index in [0.717, 1.165) is 6.54 Å². The number of likely N-dealkylation sites (N-methyl/N-ethyl adjacent to an activating group) is 1. The molecule has 0 saturated carbocycles. The van der Waals surface area contributed by atoms with Crippen molar-refractivity contribution in [2.45, 2.75) is 25.3 Å². The van der Waals surface area contributed by atoms with Crippen LogP contribution in [0.4, 0.5) is 0 Å². The molecule has 1 aliphatic heterocycles. The summed E-state index contributed by atoms with van der Waals surface area (Å²) < 4.78 is 0. The van der Waals surface area contributed by atoms with Gasteiger partial charge in [0.2, 0.25) is 0 Å². The average Bonchev–Trinajstić information content (AvgIpc) is 2.31. The van der Waals surface area contributed by atoms with Gasteiger partial charge in [0.25, 0.3) is 0 Å². The molecule has 0 radical (unpaired) electrons. The lowest BCUT2D eigenvalue weighted by molar-refractivity contribution is -0.129. The van der Waals surface area contributed by atoms with Crippen LogP contribution in [0.3, 0.4) is 0 Å². The van der Waals surface area contributed by atoms with E-state index in [1.165, 1.54) is 6.92 Å². The summed E-state index contributed by atoms with van der Waals surface area (Å²) in [5.74, 6) is -0.228. The number of Topliss-reactive ketones (excluding diaryl/α,β-unsaturated/α-hetero) is 2. The van der Waals surface area contributed by atoms with Crippen molar-refractivity contribution in [3.05, 3.63) is 0 Å². The lowest BCUT2D eigenvalue weighted by atomic mass is 9.91. The van der Waals surface area contributed by atoms with Gasteiger partial charge < -0.3 is 10.6 Å². The molecule has 0 spiro atoms. The summed E-state index contributed by atoms with van der Waals surface area (Å²) >= 11 is 0. The number of hydrogen-bond acceptors (Lipinski definition) is 4. The highest BCUT2D eigenvalue weighted by molar-refractivity contribution is 6.02. The van der Waals surface area contributed by atoms with Gasteiger partial charge in [-0.3, -0.25) is 9.59 Å². The maximum atomic E-state index is 11.6. The standard InChI is InChI=1S/C9H16N2O2/c1-7(12)5-8(13)9(10)3-4-11(2)6-9/h3-6,10H2,1-2H3. The molecule has 0 aromatic heterocycles. The Morgan fingerprint density at radius 2 is 2.15 bits per heavy atom. The van der Waals surface area contributed by atoms with E-state index < -0.39 is 5.54 Å². The van der Waals surface area contributed by atoms with Crippen LogP contribution in [0.5, 0.6) is 0 Å². The molecule has 0 aromatic rings. The van der Waals surface area contributed by atoms with Crippen LogP contribution in [0.1, 0.15) is 19.8 Å². The van der Waals surface area contributed by atoms with Crippen molar-refractivity contribution in [1.82, 2.24) is 4.90 Å². The number of nitrogens with two attached hydrogens (primary N) is 1. The molecule has 0 aliphatic carbocycles. The summed E-state index contributed by atoms with van der Waals surface area (Å²) in [7, 11) is 1.93. The van der Waals surface area contributed by atoms with E-state index in [-0.39, 0.29) is 18.0 Å². The number of carbonyl (C=O) groups excluding carboxylic acids is 2. The van der Waals surface area contributed by atoms with Crippen LogP contribution in [0.2, 0.25) is 0 Å². The summed E-state index contributed by atoms with van der Waals surface area (Å²) in [6.07, 6.45) is 0.639. The Balaban J connectivity index is 2.60. The summed E-state index contributed by atoms with van der Waals surface area (Å²) in [5, 5.41) is 0. The zero-order valence-corrected chi connectivity index (χ0v) is 8.17. The zero-order valence-electron chi connectivity index (χ0n) is 8.17. The lowest BCUT2D eigenvalue weighted by Gasteiger charge is -2.21. The van der Waals surface area contributed by atoms with Gasteiger partial charge in [0, 0.05) is 13.1 Å². The van der Waals surface area contributed by atoms with Crippen molar-refractivity contribution in [1.29, 1.82) is 0 Å². The second-order valence-electron chi connectivity index (χ2n) is 3.95. The fourth-order valence-electron chi connectivity index (χ4n) is 1.66. The molecule has 1 aliphatic rings. The zero-order chi connectivity index (χ0) is 10.1. The van der Waals surface area contributed by atoms with E-state index in [2.05, 4.69) is 0 Å². The van der Waals surface area contributed by atoms with Gasteiger partial charge in [0.05, 0.1) is 12.0 Å². The smallest absolute Gasteiger partial charge is 0.161 e. The quantitative estimate of drug-likeness (QED) is 0.604. The molecule has 74 valence electrons. The third-order valence-electron chi connectivity index (χ3n) is 2.46. The molecule has 0 bridgehead atoms. The van der Waals surface area contributed by atoms with Crippen LogP contribution >= 0.6 is 0 Å². The maximum Gasteiger partial charge on any atom is 0.161 e. The third kappa shape index (κ3) is 2.35. The van der Waals surface area contributed by atoms with Gasteiger partial charge in [-0.2, -0.15) is 0 Å². The summed E-state index contributed by atoms with van der Waals surface area (Å²) in [6, 6.07) is 0. The number of ketones is 2. The van der Waals surface area contributed by atoms with E-state index >= 15 is 0 Å². The molecule has 1 atom stereocenters. The van der Waals surface area contributed by atoms with E-state index in [1.807, 2.05) is 11.9 Å². The van der Waals surface area contributed by atoms with Gasteiger partial charge in [-0.1, -0.05) is 0 Å². The van der Waals surface area contributed by atoms with Crippen molar-refractivity contribution >= 4 is 11.6 Å². The normalized spacial score (nSPS) is 29.2. The van der Waals surface area contributed by atoms with Gasteiger partial charge in [-0.15, -0.1) is 0 Å². The van der Waals surface area contributed by atoms with Crippen molar-refractivity contribution in [2.75, 3.05) is 20.1 Å². The molecule has 0 amide bonds. The van der Waals surface area contributed by atoms with E-state index in [1.54, 1.807) is 0 Å². The molecule has 0 aromatic carbocycles. The predicted molar refractivity (Wildman–Crippen MR) is 49.3 cm³/mol. The van der Waals surface area contributed by atoms with Crippen LogP contribution < -0.4 is 5.73 Å². The fraction of sp³-hybridized carbons (Fsp3) is 0.778. The first-order valence-corrected chi connectivity index (χ1v) is 4.44. The molecule has 1 rings (SSSR count). The Morgan fingerprint density at radius 1 is 1.54 bits per heavy atom. The first-order chi connectivity index (χ1) is 5.94. The van der Waals surface area contributed by atoms with Crippen LogP contribution in [0.25, 0.3) is 0 Å². The second-order valence-corrected chi connectivity index (χ2v) is 3.95. The molecular formula is C9H16N2O2. The number of nitrogens with zero attached hydrogens (tertiary/aromatic N) is 1. The Hall–Kier alpha value is -0.740. The first kappa shape index (κ1) is 10.3. The van der Waals surface area contributed by atoms with Crippen LogP contribution in [-0.2, 0) is 9.59 Å². The number of rotatable bonds is 3. The summed E-state index contributed by atoms with van der Waals surface area (Å²) in [6.45, 7) is 2.82. The Labute approximate surface area is 78.1 Å². The maximum absolute atomic E-state index is 11.6. The number of hydrogen-bond donors (Lipinski definition) is 1. The SMILES string of the molecule is CC(=O)CC(=O)C1(N)CCN(C)C1. The van der Waals surface area contributed by atoms with Gasteiger partial charge in [0.15, 0.2) is 5.78 Å². The predicted octanol–water partition coefficient (Wildman–Crippen LogP) is -0.432. The molecular weight excluding hydrogens is 168 g/mol. The van der Waals surface area contributed by atoms with Gasteiger partial charge in [-0.05, 0) is 20.4 Å². The van der Waals surface area contributed by atoms with Crippen LogP contribution in [0.15, 0.2) is 0 Å². The van der Waals surface area contributed by atoms with Crippen molar-refractivity contribution in [3.8, 4) is 0 Å². The van der Waals surface area contributed by atoms with Gasteiger partial charge in [0.1, 0.15) is 5.78 Å². The van der Waals surface area contributed by atoms with Crippen molar-refractivity contribution in [3.63, 3.8) is 0 Å². The highest BCUT2D eigenvalue weighted by Crippen LogP contribution is 2.19.